The van der Waals surface area contributed by atoms with Crippen molar-refractivity contribution in [3.63, 3.8) is 0 Å². The first-order valence-corrected chi connectivity index (χ1v) is 9.35. The number of carbonyl (C=O) groups is 2. The summed E-state index contributed by atoms with van der Waals surface area (Å²) in [5, 5.41) is 4.75. The van der Waals surface area contributed by atoms with E-state index in [1.807, 2.05) is 22.0 Å². The lowest BCUT2D eigenvalue weighted by Crippen LogP contribution is -2.50. The third-order valence-corrected chi connectivity index (χ3v) is 5.78. The van der Waals surface area contributed by atoms with Crippen LogP contribution in [-0.4, -0.2) is 58.4 Å². The van der Waals surface area contributed by atoms with E-state index in [4.69, 9.17) is 4.74 Å². The predicted molar refractivity (Wildman–Crippen MR) is 92.8 cm³/mol. The molecule has 1 aliphatic heterocycles. The van der Waals surface area contributed by atoms with Crippen LogP contribution in [-0.2, 0) is 9.53 Å². The first kappa shape index (κ1) is 15.6. The SMILES string of the molecule is CC(NC(=O)c1cc2c(nc3sccn32)s1)C(=O)N1CCOCC1. The fourth-order valence-corrected chi connectivity index (χ4v) is 4.45. The lowest BCUT2D eigenvalue weighted by molar-refractivity contribution is -0.136. The van der Waals surface area contributed by atoms with Gasteiger partial charge in [-0.1, -0.05) is 0 Å². The molecule has 9 heteroatoms. The molecular weight excluding hydrogens is 348 g/mol. The van der Waals surface area contributed by atoms with Crippen LogP contribution in [0.5, 0.6) is 0 Å². The Morgan fingerprint density at radius 1 is 1.38 bits per heavy atom. The molecule has 1 N–H and O–H groups in total. The van der Waals surface area contributed by atoms with Crippen molar-refractivity contribution in [2.45, 2.75) is 13.0 Å². The molecule has 1 fully saturated rings. The number of carbonyl (C=O) groups excluding carboxylic acids is 2. The van der Waals surface area contributed by atoms with E-state index < -0.39 is 6.04 Å². The number of amides is 2. The zero-order valence-electron chi connectivity index (χ0n) is 13.0. The minimum absolute atomic E-state index is 0.0741. The smallest absolute Gasteiger partial charge is 0.262 e. The molecule has 0 bridgehead atoms. The first-order chi connectivity index (χ1) is 11.6. The largest absolute Gasteiger partial charge is 0.378 e. The van der Waals surface area contributed by atoms with Gasteiger partial charge in [-0.3, -0.25) is 14.0 Å². The van der Waals surface area contributed by atoms with Crippen molar-refractivity contribution in [1.82, 2.24) is 19.6 Å². The maximum absolute atomic E-state index is 12.5. The normalized spacial score (nSPS) is 16.6. The van der Waals surface area contributed by atoms with Gasteiger partial charge in [0.15, 0.2) is 4.96 Å². The summed E-state index contributed by atoms with van der Waals surface area (Å²) < 4.78 is 7.21. The highest BCUT2D eigenvalue weighted by atomic mass is 32.1. The van der Waals surface area contributed by atoms with Gasteiger partial charge in [0.05, 0.1) is 23.6 Å². The topological polar surface area (TPSA) is 75.9 Å². The zero-order valence-corrected chi connectivity index (χ0v) is 14.7. The molecule has 1 saturated heterocycles. The van der Waals surface area contributed by atoms with E-state index in [9.17, 15) is 9.59 Å². The molecule has 3 aromatic heterocycles. The summed E-state index contributed by atoms with van der Waals surface area (Å²) >= 11 is 2.90. The minimum atomic E-state index is -0.561. The maximum atomic E-state index is 12.5. The molecule has 4 heterocycles. The van der Waals surface area contributed by atoms with Crippen LogP contribution >= 0.6 is 22.7 Å². The fourth-order valence-electron chi connectivity index (χ4n) is 2.75. The second-order valence-corrected chi connectivity index (χ2v) is 7.50. The monoisotopic (exact) mass is 364 g/mol. The maximum Gasteiger partial charge on any atom is 0.262 e. The van der Waals surface area contributed by atoms with Crippen molar-refractivity contribution in [2.75, 3.05) is 26.3 Å². The lowest BCUT2D eigenvalue weighted by Gasteiger charge is -2.29. The number of morpholine rings is 1. The van der Waals surface area contributed by atoms with Crippen LogP contribution in [0.4, 0.5) is 0 Å². The van der Waals surface area contributed by atoms with Crippen molar-refractivity contribution < 1.29 is 14.3 Å². The van der Waals surface area contributed by atoms with Crippen LogP contribution in [0.1, 0.15) is 16.6 Å². The molecule has 0 radical (unpaired) electrons. The minimum Gasteiger partial charge on any atom is -0.378 e. The molecule has 0 spiro atoms. The second kappa shape index (κ2) is 6.15. The number of nitrogens with one attached hydrogen (secondary N) is 1. The molecule has 1 atom stereocenters. The van der Waals surface area contributed by atoms with Crippen LogP contribution in [0, 0.1) is 0 Å². The van der Waals surface area contributed by atoms with E-state index in [1.54, 1.807) is 23.2 Å². The first-order valence-electron chi connectivity index (χ1n) is 7.66. The molecule has 7 nitrogen and oxygen atoms in total. The molecule has 126 valence electrons. The number of hydrogen-bond acceptors (Lipinski definition) is 6. The number of thiazole rings is 1. The summed E-state index contributed by atoms with van der Waals surface area (Å²) in [6.45, 7) is 3.95. The van der Waals surface area contributed by atoms with E-state index in [0.717, 1.165) is 15.3 Å². The molecule has 0 aromatic carbocycles. The lowest BCUT2D eigenvalue weighted by atomic mass is 10.2. The second-order valence-electron chi connectivity index (χ2n) is 5.60. The van der Waals surface area contributed by atoms with Crippen molar-refractivity contribution in [2.24, 2.45) is 0 Å². The van der Waals surface area contributed by atoms with E-state index in [-0.39, 0.29) is 11.8 Å². The van der Waals surface area contributed by atoms with Gasteiger partial charge < -0.3 is 15.0 Å². The molecule has 3 aromatic rings. The summed E-state index contributed by atoms with van der Waals surface area (Å²) in [5.41, 5.74) is 0.925. The number of thiophene rings is 1. The van der Waals surface area contributed by atoms with E-state index in [0.29, 0.717) is 31.2 Å². The Morgan fingerprint density at radius 2 is 2.17 bits per heavy atom. The number of hydrogen-bond donors (Lipinski definition) is 1. The van der Waals surface area contributed by atoms with Crippen molar-refractivity contribution in [1.29, 1.82) is 0 Å². The van der Waals surface area contributed by atoms with Crippen LogP contribution in [0.2, 0.25) is 0 Å². The number of nitrogens with zero attached hydrogens (tertiary/aromatic N) is 3. The average Bonchev–Trinajstić information content (AvgIpc) is 3.26. The van der Waals surface area contributed by atoms with Crippen molar-refractivity contribution in [3.8, 4) is 0 Å². The van der Waals surface area contributed by atoms with Crippen LogP contribution in [0.3, 0.4) is 0 Å². The number of rotatable bonds is 3. The Labute approximate surface area is 145 Å². The third-order valence-electron chi connectivity index (χ3n) is 4.00. The standard InChI is InChI=1S/C15H16N4O3S2/c1-9(14(21)18-2-5-22-6-3-18)16-12(20)11-8-10-13(24-11)17-15-19(10)4-7-23-15/h4,7-9H,2-3,5-6H2,1H3,(H,16,20). The Kier molecular flexibility index (Phi) is 3.99. The van der Waals surface area contributed by atoms with E-state index in [1.165, 1.54) is 11.3 Å². The Balaban J connectivity index is 1.48. The summed E-state index contributed by atoms with van der Waals surface area (Å²) in [5.74, 6) is -0.314. The molecule has 24 heavy (non-hydrogen) atoms. The van der Waals surface area contributed by atoms with Gasteiger partial charge in [-0.15, -0.1) is 22.7 Å². The highest BCUT2D eigenvalue weighted by Crippen LogP contribution is 2.28. The van der Waals surface area contributed by atoms with Gasteiger partial charge in [-0.25, -0.2) is 4.98 Å². The molecular formula is C15H16N4O3S2. The third kappa shape index (κ3) is 2.68. The van der Waals surface area contributed by atoms with Gasteiger partial charge in [-0.05, 0) is 13.0 Å². The Morgan fingerprint density at radius 3 is 2.96 bits per heavy atom. The van der Waals surface area contributed by atoms with Gasteiger partial charge in [-0.2, -0.15) is 0 Å². The van der Waals surface area contributed by atoms with Gasteiger partial charge >= 0.3 is 0 Å². The molecule has 1 unspecified atom stereocenters. The van der Waals surface area contributed by atoms with Crippen molar-refractivity contribution >= 4 is 49.8 Å². The molecule has 0 saturated carbocycles. The van der Waals surface area contributed by atoms with Crippen molar-refractivity contribution in [3.05, 3.63) is 22.5 Å². The van der Waals surface area contributed by atoms with E-state index in [2.05, 4.69) is 10.3 Å². The summed E-state index contributed by atoms with van der Waals surface area (Å²) in [6, 6.07) is 1.27. The zero-order chi connectivity index (χ0) is 16.7. The average molecular weight is 364 g/mol. The highest BCUT2D eigenvalue weighted by Gasteiger charge is 2.25. The van der Waals surface area contributed by atoms with Gasteiger partial charge in [0.2, 0.25) is 5.91 Å². The van der Waals surface area contributed by atoms with Crippen LogP contribution in [0.25, 0.3) is 15.3 Å². The number of ether oxygens (including phenoxy) is 1. The molecule has 2 amide bonds. The predicted octanol–water partition coefficient (Wildman–Crippen LogP) is 1.59. The number of imidazole rings is 1. The summed E-state index contributed by atoms with van der Waals surface area (Å²) in [4.78, 5) is 33.4. The summed E-state index contributed by atoms with van der Waals surface area (Å²) in [7, 11) is 0. The summed E-state index contributed by atoms with van der Waals surface area (Å²) in [6.07, 6.45) is 1.94. The molecule has 4 rings (SSSR count). The number of fused-ring (bicyclic) bond motifs is 3. The van der Waals surface area contributed by atoms with Crippen LogP contribution < -0.4 is 5.32 Å². The molecule has 0 aliphatic carbocycles. The van der Waals surface area contributed by atoms with Crippen LogP contribution in [0.15, 0.2) is 17.6 Å². The van der Waals surface area contributed by atoms with Gasteiger partial charge in [0, 0.05) is 24.7 Å². The Hall–Kier alpha value is -1.97. The van der Waals surface area contributed by atoms with E-state index >= 15 is 0 Å². The van der Waals surface area contributed by atoms with Gasteiger partial charge in [0.1, 0.15) is 10.9 Å². The quantitative estimate of drug-likeness (QED) is 0.766. The Bertz CT molecular complexity index is 906. The fraction of sp³-hybridized carbons (Fsp3) is 0.400. The highest BCUT2D eigenvalue weighted by molar-refractivity contribution is 7.21. The number of aromatic nitrogens is 2. The van der Waals surface area contributed by atoms with Gasteiger partial charge in [0.25, 0.3) is 5.91 Å². The molecule has 1 aliphatic rings.